The Morgan fingerprint density at radius 2 is 1.61 bits per heavy atom. The van der Waals surface area contributed by atoms with Gasteiger partial charge in [-0.2, -0.15) is 13.2 Å². The van der Waals surface area contributed by atoms with Crippen molar-refractivity contribution in [2.75, 3.05) is 0 Å². The Labute approximate surface area is 131 Å². The summed E-state index contributed by atoms with van der Waals surface area (Å²) in [4.78, 5) is 10.7. The van der Waals surface area contributed by atoms with E-state index >= 15 is 0 Å². The van der Waals surface area contributed by atoms with E-state index in [9.17, 15) is 22.4 Å². The third-order valence-electron chi connectivity index (χ3n) is 3.37. The Balaban J connectivity index is 3.21. The van der Waals surface area contributed by atoms with Crippen LogP contribution in [0.5, 0.6) is 5.75 Å². The normalized spacial score (nSPS) is 15.9. The molecule has 0 bridgehead atoms. The van der Waals surface area contributed by atoms with E-state index in [-0.39, 0.29) is 17.1 Å². The van der Waals surface area contributed by atoms with E-state index in [1.807, 2.05) is 0 Å². The van der Waals surface area contributed by atoms with E-state index in [2.05, 4.69) is 0 Å². The molecule has 0 aliphatic carbocycles. The van der Waals surface area contributed by atoms with Crippen LogP contribution in [0, 0.1) is 5.92 Å². The quantitative estimate of drug-likeness (QED) is 0.610. The molecule has 1 atom stereocenters. The summed E-state index contributed by atoms with van der Waals surface area (Å²) in [5, 5.41) is 8.79. The molecule has 7 heteroatoms. The van der Waals surface area contributed by atoms with Crippen molar-refractivity contribution >= 4 is 5.97 Å². The summed E-state index contributed by atoms with van der Waals surface area (Å²) in [7, 11) is 0. The third-order valence-corrected chi connectivity index (χ3v) is 3.37. The number of carboxylic acid groups (broad SMARTS) is 1. The minimum atomic E-state index is -5.07. The lowest BCUT2D eigenvalue weighted by Gasteiger charge is -2.30. The van der Waals surface area contributed by atoms with E-state index < -0.39 is 29.3 Å². The van der Waals surface area contributed by atoms with Gasteiger partial charge < -0.3 is 9.84 Å². The Bertz CT molecular complexity index is 599. The van der Waals surface area contributed by atoms with Crippen LogP contribution >= 0.6 is 0 Å². The molecule has 0 spiro atoms. The van der Waals surface area contributed by atoms with Crippen molar-refractivity contribution in [2.24, 2.45) is 5.92 Å². The first-order valence-electron chi connectivity index (χ1n) is 6.86. The minimum Gasteiger partial charge on any atom is -0.478 e. The molecule has 23 heavy (non-hydrogen) atoms. The zero-order valence-electron chi connectivity index (χ0n) is 13.2. The van der Waals surface area contributed by atoms with Gasteiger partial charge in [-0.05, 0) is 44.0 Å². The molecular formula is C16H18F4O3. The fraction of sp³-hybridized carbons (Fsp3) is 0.438. The highest BCUT2D eigenvalue weighted by Gasteiger charge is 2.56. The predicted molar refractivity (Wildman–Crippen MR) is 77.1 cm³/mol. The maximum Gasteiger partial charge on any atom is 0.426 e. The van der Waals surface area contributed by atoms with Crippen LogP contribution in [-0.2, 0) is 0 Å². The first kappa shape index (κ1) is 19.0. The number of aromatic carboxylic acids is 1. The summed E-state index contributed by atoms with van der Waals surface area (Å²) in [5.41, 5.74) is -4.02. The van der Waals surface area contributed by atoms with Crippen LogP contribution in [0.1, 0.15) is 38.1 Å². The van der Waals surface area contributed by atoms with Crippen LogP contribution in [0.3, 0.4) is 0 Å². The molecule has 0 saturated heterocycles. The highest BCUT2D eigenvalue weighted by molar-refractivity contribution is 5.87. The zero-order chi connectivity index (χ0) is 18.0. The van der Waals surface area contributed by atoms with Gasteiger partial charge in [0.05, 0.1) is 5.56 Å². The Morgan fingerprint density at radius 1 is 1.13 bits per heavy atom. The van der Waals surface area contributed by atoms with Gasteiger partial charge in [0.1, 0.15) is 11.5 Å². The number of alkyl halides is 4. The Hall–Kier alpha value is -2.05. The summed E-state index contributed by atoms with van der Waals surface area (Å²) >= 11 is 0. The molecule has 1 aromatic rings. The molecule has 1 rings (SSSR count). The summed E-state index contributed by atoms with van der Waals surface area (Å²) < 4.78 is 58.5. The maximum absolute atomic E-state index is 14.3. The van der Waals surface area contributed by atoms with Gasteiger partial charge in [0.2, 0.25) is 5.67 Å². The summed E-state index contributed by atoms with van der Waals surface area (Å²) in [5.74, 6) is -1.95. The average molecular weight is 334 g/mol. The predicted octanol–water partition coefficient (Wildman–Crippen LogP) is 4.98. The number of benzene rings is 1. The van der Waals surface area contributed by atoms with Gasteiger partial charge in [0.15, 0.2) is 0 Å². The largest absolute Gasteiger partial charge is 0.478 e. The highest BCUT2D eigenvalue weighted by Crippen LogP contribution is 2.43. The van der Waals surface area contributed by atoms with Crippen LogP contribution in [0.4, 0.5) is 17.6 Å². The zero-order valence-corrected chi connectivity index (χ0v) is 13.2. The fourth-order valence-corrected chi connectivity index (χ4v) is 2.33. The second-order valence-corrected chi connectivity index (χ2v) is 5.56. The number of allylic oxidation sites excluding steroid dienone is 2. The topological polar surface area (TPSA) is 46.5 Å². The van der Waals surface area contributed by atoms with Crippen LogP contribution < -0.4 is 4.74 Å². The van der Waals surface area contributed by atoms with Crippen molar-refractivity contribution in [1.82, 2.24) is 0 Å². The van der Waals surface area contributed by atoms with Crippen molar-refractivity contribution < 1.29 is 32.2 Å². The van der Waals surface area contributed by atoms with Gasteiger partial charge in [0, 0.05) is 5.57 Å². The smallest absolute Gasteiger partial charge is 0.426 e. The molecule has 0 radical (unpaired) electrons. The number of carbonyl (C=O) groups is 1. The standard InChI is InChI=1S/C16H18F4O3/c1-9(2)13(15(4,17)16(18,19)20)10(3)23-12-7-5-11(6-8-12)14(21)22/h5-9H,1-4H3,(H,21,22). The number of hydrogen-bond acceptors (Lipinski definition) is 2. The van der Waals surface area contributed by atoms with Crippen molar-refractivity contribution in [3.05, 3.63) is 41.2 Å². The van der Waals surface area contributed by atoms with E-state index in [0.29, 0.717) is 6.92 Å². The van der Waals surface area contributed by atoms with Gasteiger partial charge in [-0.3, -0.25) is 0 Å². The van der Waals surface area contributed by atoms with Crippen LogP contribution in [-0.4, -0.2) is 22.9 Å². The van der Waals surface area contributed by atoms with Crippen LogP contribution in [0.25, 0.3) is 0 Å². The second-order valence-electron chi connectivity index (χ2n) is 5.56. The van der Waals surface area contributed by atoms with Gasteiger partial charge in [-0.25, -0.2) is 9.18 Å². The number of halogens is 4. The van der Waals surface area contributed by atoms with Crippen LogP contribution in [0.2, 0.25) is 0 Å². The van der Waals surface area contributed by atoms with Crippen molar-refractivity contribution in [3.8, 4) is 5.75 Å². The van der Waals surface area contributed by atoms with Crippen molar-refractivity contribution in [2.45, 2.75) is 39.5 Å². The van der Waals surface area contributed by atoms with Gasteiger partial charge in [-0.15, -0.1) is 0 Å². The maximum atomic E-state index is 14.3. The molecule has 1 N–H and O–H groups in total. The Kier molecular flexibility index (Phi) is 5.45. The van der Waals surface area contributed by atoms with E-state index in [0.717, 1.165) is 0 Å². The van der Waals surface area contributed by atoms with Crippen molar-refractivity contribution in [3.63, 3.8) is 0 Å². The fourth-order valence-electron chi connectivity index (χ4n) is 2.33. The third kappa shape index (κ3) is 4.24. The Morgan fingerprint density at radius 3 is 1.96 bits per heavy atom. The molecule has 0 heterocycles. The molecule has 0 saturated carbocycles. The molecule has 0 aromatic heterocycles. The second kappa shape index (κ2) is 6.60. The molecule has 0 aliphatic heterocycles. The molecule has 0 aliphatic rings. The van der Waals surface area contributed by atoms with Crippen LogP contribution in [0.15, 0.2) is 35.6 Å². The monoisotopic (exact) mass is 334 g/mol. The van der Waals surface area contributed by atoms with Gasteiger partial charge in [-0.1, -0.05) is 13.8 Å². The molecule has 3 nitrogen and oxygen atoms in total. The van der Waals surface area contributed by atoms with E-state index in [1.165, 1.54) is 45.0 Å². The molecule has 1 aromatic carbocycles. The molecule has 1 unspecified atom stereocenters. The lowest BCUT2D eigenvalue weighted by Crippen LogP contribution is -2.42. The number of rotatable bonds is 5. The van der Waals surface area contributed by atoms with E-state index in [1.54, 1.807) is 0 Å². The number of hydrogen-bond donors (Lipinski definition) is 1. The molecular weight excluding hydrogens is 316 g/mol. The van der Waals surface area contributed by atoms with E-state index in [4.69, 9.17) is 9.84 Å². The lowest BCUT2D eigenvalue weighted by molar-refractivity contribution is -0.212. The first-order chi connectivity index (χ1) is 10.4. The van der Waals surface area contributed by atoms with Crippen molar-refractivity contribution in [1.29, 1.82) is 0 Å². The molecule has 0 fully saturated rings. The number of ether oxygens (including phenoxy) is 1. The van der Waals surface area contributed by atoms with Gasteiger partial charge >= 0.3 is 12.1 Å². The summed E-state index contributed by atoms with van der Waals surface area (Å²) in [6.07, 6.45) is -5.07. The first-order valence-corrected chi connectivity index (χ1v) is 6.86. The lowest BCUT2D eigenvalue weighted by atomic mass is 9.87. The van der Waals surface area contributed by atoms with Gasteiger partial charge in [0.25, 0.3) is 0 Å². The summed E-state index contributed by atoms with van der Waals surface area (Å²) in [6.45, 7) is 4.60. The number of carboxylic acids is 1. The molecule has 0 amide bonds. The summed E-state index contributed by atoms with van der Waals surface area (Å²) in [6, 6.07) is 5.10. The average Bonchev–Trinajstić information content (AvgIpc) is 2.36. The highest BCUT2D eigenvalue weighted by atomic mass is 19.4. The molecule has 128 valence electrons. The minimum absolute atomic E-state index is 0.00804. The SMILES string of the molecule is CC(Oc1ccc(C(=O)O)cc1)=C(C(C)C)C(C)(F)C(F)(F)F.